The minimum absolute atomic E-state index is 0.377. The van der Waals surface area contributed by atoms with Crippen LogP contribution in [0.1, 0.15) is 38.5 Å². The van der Waals surface area contributed by atoms with Crippen LogP contribution in [0.25, 0.3) is 0 Å². The summed E-state index contributed by atoms with van der Waals surface area (Å²) in [7, 11) is 0. The van der Waals surface area contributed by atoms with E-state index in [9.17, 15) is 0 Å². The Kier molecular flexibility index (Phi) is 4.02. The van der Waals surface area contributed by atoms with Crippen molar-refractivity contribution in [3.05, 3.63) is 11.6 Å². The lowest BCUT2D eigenvalue weighted by atomic mass is 9.96. The predicted molar refractivity (Wildman–Crippen MR) is 58.4 cm³/mol. The summed E-state index contributed by atoms with van der Waals surface area (Å²) in [6, 6.07) is 0. The minimum atomic E-state index is 0.377. The van der Waals surface area contributed by atoms with Crippen molar-refractivity contribution in [2.45, 2.75) is 44.6 Å². The van der Waals surface area contributed by atoms with Crippen molar-refractivity contribution in [1.29, 1.82) is 0 Å². The molecule has 2 heteroatoms. The van der Waals surface area contributed by atoms with Crippen LogP contribution in [0.2, 0.25) is 0 Å². The van der Waals surface area contributed by atoms with E-state index in [-0.39, 0.29) is 0 Å². The third-order valence-corrected chi connectivity index (χ3v) is 3.17. The molecule has 2 rings (SSSR count). The molecule has 0 spiro atoms. The molecule has 2 aliphatic rings. The standard InChI is InChI=1S/C12H21NO/c1-2-4-6-11(7-5-3-1)12-10-13-8-9-14-12/h6,12-13H,1-5,7-10H2. The average molecular weight is 195 g/mol. The first-order valence-corrected chi connectivity index (χ1v) is 5.98. The quantitative estimate of drug-likeness (QED) is 0.648. The Hall–Kier alpha value is -0.340. The molecule has 1 fully saturated rings. The maximum absolute atomic E-state index is 5.78. The van der Waals surface area contributed by atoms with E-state index in [2.05, 4.69) is 11.4 Å². The zero-order valence-electron chi connectivity index (χ0n) is 8.93. The van der Waals surface area contributed by atoms with E-state index in [1.807, 2.05) is 0 Å². The van der Waals surface area contributed by atoms with Gasteiger partial charge in [0.25, 0.3) is 0 Å². The lowest BCUT2D eigenvalue weighted by molar-refractivity contribution is 0.0492. The van der Waals surface area contributed by atoms with Gasteiger partial charge < -0.3 is 10.1 Å². The van der Waals surface area contributed by atoms with Gasteiger partial charge in [0.15, 0.2) is 0 Å². The third kappa shape index (κ3) is 2.82. The Balaban J connectivity index is 1.91. The average Bonchev–Trinajstić information content (AvgIpc) is 2.18. The van der Waals surface area contributed by atoms with Crippen LogP contribution < -0.4 is 5.32 Å². The molecule has 1 heterocycles. The van der Waals surface area contributed by atoms with Crippen molar-refractivity contribution in [2.24, 2.45) is 0 Å². The molecule has 1 saturated heterocycles. The molecule has 0 amide bonds. The molecule has 0 aromatic rings. The van der Waals surface area contributed by atoms with Crippen LogP contribution in [0.5, 0.6) is 0 Å². The maximum atomic E-state index is 5.78. The summed E-state index contributed by atoms with van der Waals surface area (Å²) in [5.41, 5.74) is 1.55. The largest absolute Gasteiger partial charge is 0.371 e. The highest BCUT2D eigenvalue weighted by Gasteiger charge is 2.17. The second kappa shape index (κ2) is 5.52. The SMILES string of the molecule is C1=C(C2CNCCO2)CCCCCC1. The number of hydrogen-bond donors (Lipinski definition) is 1. The lowest BCUT2D eigenvalue weighted by Gasteiger charge is -2.27. The Morgan fingerprint density at radius 2 is 2.14 bits per heavy atom. The first-order valence-electron chi connectivity index (χ1n) is 5.98. The summed E-state index contributed by atoms with van der Waals surface area (Å²) in [5, 5.41) is 3.40. The maximum Gasteiger partial charge on any atom is 0.0909 e. The smallest absolute Gasteiger partial charge is 0.0909 e. The van der Waals surface area contributed by atoms with Gasteiger partial charge in [-0.05, 0) is 31.3 Å². The normalized spacial score (nSPS) is 30.3. The Morgan fingerprint density at radius 1 is 1.21 bits per heavy atom. The molecule has 1 N–H and O–H groups in total. The summed E-state index contributed by atoms with van der Waals surface area (Å²) in [4.78, 5) is 0. The highest BCUT2D eigenvalue weighted by atomic mass is 16.5. The van der Waals surface area contributed by atoms with Crippen molar-refractivity contribution in [1.82, 2.24) is 5.32 Å². The molecule has 0 bridgehead atoms. The summed E-state index contributed by atoms with van der Waals surface area (Å²) in [6.45, 7) is 2.91. The number of hydrogen-bond acceptors (Lipinski definition) is 2. The predicted octanol–water partition coefficient (Wildman–Crippen LogP) is 2.26. The monoisotopic (exact) mass is 195 g/mol. The second-order valence-electron chi connectivity index (χ2n) is 4.30. The lowest BCUT2D eigenvalue weighted by Crippen LogP contribution is -2.39. The summed E-state index contributed by atoms with van der Waals surface area (Å²) in [6.07, 6.45) is 10.8. The Morgan fingerprint density at radius 3 is 3.00 bits per heavy atom. The van der Waals surface area contributed by atoms with Gasteiger partial charge in [0, 0.05) is 13.1 Å². The summed E-state index contributed by atoms with van der Waals surface area (Å²) in [5.74, 6) is 0. The van der Waals surface area contributed by atoms with Gasteiger partial charge in [-0.25, -0.2) is 0 Å². The topological polar surface area (TPSA) is 21.3 Å². The van der Waals surface area contributed by atoms with Crippen LogP contribution in [0, 0.1) is 0 Å². The zero-order valence-corrected chi connectivity index (χ0v) is 8.93. The highest BCUT2D eigenvalue weighted by Crippen LogP contribution is 2.21. The molecule has 80 valence electrons. The van der Waals surface area contributed by atoms with Crippen molar-refractivity contribution in [2.75, 3.05) is 19.7 Å². The Labute approximate surface area is 86.7 Å². The fourth-order valence-electron chi connectivity index (χ4n) is 2.31. The van der Waals surface area contributed by atoms with Gasteiger partial charge in [0.1, 0.15) is 0 Å². The zero-order chi connectivity index (χ0) is 9.64. The van der Waals surface area contributed by atoms with Crippen LogP contribution in [-0.4, -0.2) is 25.8 Å². The van der Waals surface area contributed by atoms with E-state index >= 15 is 0 Å². The van der Waals surface area contributed by atoms with E-state index in [1.165, 1.54) is 38.5 Å². The number of rotatable bonds is 1. The van der Waals surface area contributed by atoms with E-state index in [0.717, 1.165) is 19.7 Å². The first-order chi connectivity index (χ1) is 6.97. The first kappa shape index (κ1) is 10.2. The van der Waals surface area contributed by atoms with Gasteiger partial charge >= 0.3 is 0 Å². The van der Waals surface area contributed by atoms with Crippen molar-refractivity contribution in [3.8, 4) is 0 Å². The van der Waals surface area contributed by atoms with Crippen LogP contribution in [0.4, 0.5) is 0 Å². The molecule has 0 radical (unpaired) electrons. The van der Waals surface area contributed by atoms with Gasteiger partial charge in [0.2, 0.25) is 0 Å². The molecule has 0 saturated carbocycles. The minimum Gasteiger partial charge on any atom is -0.371 e. The molecular formula is C12H21NO. The van der Waals surface area contributed by atoms with Crippen molar-refractivity contribution >= 4 is 0 Å². The Bertz CT molecular complexity index is 194. The van der Waals surface area contributed by atoms with Crippen molar-refractivity contribution < 1.29 is 4.74 Å². The van der Waals surface area contributed by atoms with Gasteiger partial charge in [-0.3, -0.25) is 0 Å². The fourth-order valence-corrected chi connectivity index (χ4v) is 2.31. The van der Waals surface area contributed by atoms with Crippen LogP contribution in [-0.2, 0) is 4.74 Å². The van der Waals surface area contributed by atoms with Crippen molar-refractivity contribution in [3.63, 3.8) is 0 Å². The molecule has 0 aromatic carbocycles. The van der Waals surface area contributed by atoms with Gasteiger partial charge in [-0.2, -0.15) is 0 Å². The number of morpholine rings is 1. The molecule has 14 heavy (non-hydrogen) atoms. The molecule has 2 nitrogen and oxygen atoms in total. The van der Waals surface area contributed by atoms with Gasteiger partial charge in [-0.15, -0.1) is 0 Å². The van der Waals surface area contributed by atoms with Crippen LogP contribution >= 0.6 is 0 Å². The van der Waals surface area contributed by atoms with Crippen LogP contribution in [0.3, 0.4) is 0 Å². The molecule has 0 aromatic heterocycles. The second-order valence-corrected chi connectivity index (χ2v) is 4.30. The van der Waals surface area contributed by atoms with Crippen LogP contribution in [0.15, 0.2) is 11.6 Å². The third-order valence-electron chi connectivity index (χ3n) is 3.17. The van der Waals surface area contributed by atoms with Gasteiger partial charge in [0.05, 0.1) is 12.7 Å². The summed E-state index contributed by atoms with van der Waals surface area (Å²) < 4.78 is 5.78. The molecule has 1 unspecified atom stereocenters. The number of allylic oxidation sites excluding steroid dienone is 1. The highest BCUT2D eigenvalue weighted by molar-refractivity contribution is 5.10. The molecule has 1 atom stereocenters. The molecule has 1 aliphatic heterocycles. The van der Waals surface area contributed by atoms with E-state index in [4.69, 9.17) is 4.74 Å². The number of ether oxygens (including phenoxy) is 1. The number of nitrogens with one attached hydrogen (secondary N) is 1. The van der Waals surface area contributed by atoms with E-state index in [0.29, 0.717) is 6.10 Å². The van der Waals surface area contributed by atoms with Gasteiger partial charge in [-0.1, -0.05) is 18.9 Å². The molecular weight excluding hydrogens is 174 g/mol. The summed E-state index contributed by atoms with van der Waals surface area (Å²) >= 11 is 0. The van der Waals surface area contributed by atoms with E-state index < -0.39 is 0 Å². The van der Waals surface area contributed by atoms with E-state index in [1.54, 1.807) is 5.57 Å². The molecule has 1 aliphatic carbocycles. The fraction of sp³-hybridized carbons (Fsp3) is 0.833.